The van der Waals surface area contributed by atoms with Crippen molar-refractivity contribution in [2.24, 2.45) is 0 Å². The summed E-state index contributed by atoms with van der Waals surface area (Å²) in [6.07, 6.45) is 6.40. The van der Waals surface area contributed by atoms with Crippen LogP contribution in [0.4, 0.5) is 15.0 Å². The Morgan fingerprint density at radius 2 is 1.78 bits per heavy atom. The molecule has 0 bridgehead atoms. The zero-order chi connectivity index (χ0) is 29.4. The van der Waals surface area contributed by atoms with E-state index < -0.39 is 23.5 Å². The Morgan fingerprint density at radius 3 is 2.44 bits per heavy atom. The van der Waals surface area contributed by atoms with Gasteiger partial charge < -0.3 is 14.2 Å². The van der Waals surface area contributed by atoms with E-state index in [1.54, 1.807) is 57.3 Å². The lowest BCUT2D eigenvalue weighted by Gasteiger charge is -2.20. The summed E-state index contributed by atoms with van der Waals surface area (Å²) < 4.78 is 31.0. The number of benzene rings is 1. The molecule has 0 aliphatic heterocycles. The fraction of sp³-hybridized carbons (Fsp3) is 0.310. The number of rotatable bonds is 10. The van der Waals surface area contributed by atoms with Crippen molar-refractivity contribution in [3.63, 3.8) is 0 Å². The van der Waals surface area contributed by atoms with E-state index in [0.717, 1.165) is 12.8 Å². The van der Waals surface area contributed by atoms with Crippen molar-refractivity contribution in [1.29, 1.82) is 0 Å². The highest BCUT2D eigenvalue weighted by atomic mass is 19.1. The third-order valence-corrected chi connectivity index (χ3v) is 5.54. The smallest absolute Gasteiger partial charge is 0.413 e. The SMILES string of the molecule is CCCCCC(=O)Oc1nc(-c2ccc(Oc3ncc(-c4ccn[nH]4)cc3F)cc2)cnc1NC(=O)OC(C)(C)C. The van der Waals surface area contributed by atoms with Gasteiger partial charge in [-0.05, 0) is 63.6 Å². The van der Waals surface area contributed by atoms with Gasteiger partial charge in [0.05, 0.1) is 17.6 Å². The molecule has 214 valence electrons. The molecule has 0 aliphatic carbocycles. The summed E-state index contributed by atoms with van der Waals surface area (Å²) in [7, 11) is 0. The van der Waals surface area contributed by atoms with Crippen LogP contribution in [0.1, 0.15) is 53.4 Å². The molecule has 11 nitrogen and oxygen atoms in total. The largest absolute Gasteiger partial charge is 0.444 e. The number of H-pyrrole nitrogens is 1. The number of esters is 1. The maximum absolute atomic E-state index is 14.6. The van der Waals surface area contributed by atoms with Gasteiger partial charge in [0.1, 0.15) is 11.4 Å². The topological polar surface area (TPSA) is 141 Å². The molecule has 0 radical (unpaired) electrons. The zero-order valence-corrected chi connectivity index (χ0v) is 23.2. The van der Waals surface area contributed by atoms with Crippen LogP contribution in [-0.4, -0.2) is 42.8 Å². The first kappa shape index (κ1) is 29.1. The average Bonchev–Trinajstić information content (AvgIpc) is 3.46. The van der Waals surface area contributed by atoms with E-state index in [1.165, 1.54) is 18.5 Å². The van der Waals surface area contributed by atoms with Gasteiger partial charge in [-0.15, -0.1) is 0 Å². The molecular weight excluding hydrogens is 531 g/mol. The summed E-state index contributed by atoms with van der Waals surface area (Å²) in [6, 6.07) is 9.61. The molecule has 1 aromatic carbocycles. The third kappa shape index (κ3) is 8.31. The number of nitrogens with zero attached hydrogens (tertiary/aromatic N) is 4. The second-order valence-corrected chi connectivity index (χ2v) is 10.1. The van der Waals surface area contributed by atoms with Crippen molar-refractivity contribution in [2.45, 2.75) is 59.0 Å². The molecule has 0 unspecified atom stereocenters. The van der Waals surface area contributed by atoms with Crippen molar-refractivity contribution < 1.29 is 28.2 Å². The van der Waals surface area contributed by atoms with Crippen molar-refractivity contribution in [3.8, 4) is 40.0 Å². The Hall–Kier alpha value is -4.87. The van der Waals surface area contributed by atoms with Crippen molar-refractivity contribution >= 4 is 17.9 Å². The van der Waals surface area contributed by atoms with Gasteiger partial charge in [0.2, 0.25) is 0 Å². The Labute approximate surface area is 236 Å². The van der Waals surface area contributed by atoms with Gasteiger partial charge in [-0.2, -0.15) is 5.10 Å². The quantitative estimate of drug-likeness (QED) is 0.160. The lowest BCUT2D eigenvalue weighted by Crippen LogP contribution is -2.28. The number of unbranched alkanes of at least 4 members (excludes halogenated alkanes) is 2. The minimum Gasteiger partial charge on any atom is -0.444 e. The molecule has 0 atom stereocenters. The number of carbonyl (C=O) groups is 2. The van der Waals surface area contributed by atoms with Crippen LogP contribution in [0.25, 0.3) is 22.5 Å². The number of hydrogen-bond donors (Lipinski definition) is 2. The van der Waals surface area contributed by atoms with E-state index >= 15 is 0 Å². The lowest BCUT2D eigenvalue weighted by atomic mass is 10.1. The standard InChI is InChI=1S/C29H31FN6O5/c1-5-6-7-8-24(37)40-27-25(35-28(38)41-29(2,3)4)31-17-23(34-27)18-9-11-20(12-10-18)39-26-21(30)15-19(16-32-26)22-13-14-33-36-22/h9-17H,5-8H2,1-4H3,(H,33,36)(H,31,35,38). The maximum atomic E-state index is 14.6. The predicted molar refractivity (Wildman–Crippen MR) is 149 cm³/mol. The van der Waals surface area contributed by atoms with Crippen LogP contribution >= 0.6 is 0 Å². The number of pyridine rings is 1. The minimum absolute atomic E-state index is 0.0491. The van der Waals surface area contributed by atoms with Crippen LogP contribution < -0.4 is 14.8 Å². The van der Waals surface area contributed by atoms with Crippen molar-refractivity contribution in [3.05, 3.63) is 60.8 Å². The minimum atomic E-state index is -0.761. The van der Waals surface area contributed by atoms with Gasteiger partial charge in [-0.1, -0.05) is 19.8 Å². The molecule has 0 spiro atoms. The van der Waals surface area contributed by atoms with Crippen molar-refractivity contribution in [1.82, 2.24) is 25.1 Å². The van der Waals surface area contributed by atoms with Gasteiger partial charge in [0, 0.05) is 29.9 Å². The summed E-state index contributed by atoms with van der Waals surface area (Å²) in [5.41, 5.74) is 1.41. The number of aromatic amines is 1. The van der Waals surface area contributed by atoms with Gasteiger partial charge in [0.25, 0.3) is 11.8 Å². The highest BCUT2D eigenvalue weighted by Gasteiger charge is 2.21. The van der Waals surface area contributed by atoms with E-state index in [4.69, 9.17) is 14.2 Å². The van der Waals surface area contributed by atoms with Crippen LogP contribution in [0.3, 0.4) is 0 Å². The maximum Gasteiger partial charge on any atom is 0.413 e. The first-order valence-electron chi connectivity index (χ1n) is 13.1. The Balaban J connectivity index is 1.51. The van der Waals surface area contributed by atoms with Gasteiger partial charge in [0.15, 0.2) is 11.6 Å². The zero-order valence-electron chi connectivity index (χ0n) is 23.2. The van der Waals surface area contributed by atoms with Crippen molar-refractivity contribution in [2.75, 3.05) is 5.32 Å². The fourth-order valence-electron chi connectivity index (χ4n) is 3.62. The third-order valence-electron chi connectivity index (χ3n) is 5.54. The number of anilines is 1. The van der Waals surface area contributed by atoms with Crippen LogP contribution in [0.2, 0.25) is 0 Å². The lowest BCUT2D eigenvalue weighted by molar-refractivity contribution is -0.134. The van der Waals surface area contributed by atoms with Crippen LogP contribution in [0.5, 0.6) is 17.5 Å². The van der Waals surface area contributed by atoms with Gasteiger partial charge in [-0.3, -0.25) is 15.2 Å². The molecule has 4 rings (SSSR count). The number of ether oxygens (including phenoxy) is 3. The van der Waals surface area contributed by atoms with E-state index in [-0.39, 0.29) is 24.0 Å². The first-order chi connectivity index (χ1) is 19.6. The number of nitrogens with one attached hydrogen (secondary N) is 2. The molecule has 3 heterocycles. The highest BCUT2D eigenvalue weighted by Crippen LogP contribution is 2.30. The summed E-state index contributed by atoms with van der Waals surface area (Å²) >= 11 is 0. The molecule has 4 aromatic rings. The summed E-state index contributed by atoms with van der Waals surface area (Å²) in [5.74, 6) is -1.17. The van der Waals surface area contributed by atoms with Gasteiger partial charge in [-0.25, -0.2) is 24.1 Å². The molecule has 12 heteroatoms. The monoisotopic (exact) mass is 562 g/mol. The summed E-state index contributed by atoms with van der Waals surface area (Å²) in [6.45, 7) is 7.21. The van der Waals surface area contributed by atoms with E-state index in [1.807, 2.05) is 6.92 Å². The van der Waals surface area contributed by atoms with E-state index in [2.05, 4.69) is 30.5 Å². The highest BCUT2D eigenvalue weighted by molar-refractivity contribution is 5.86. The fourth-order valence-corrected chi connectivity index (χ4v) is 3.62. The molecular formula is C29H31FN6O5. The summed E-state index contributed by atoms with van der Waals surface area (Å²) in [5, 5.41) is 9.10. The Bertz CT molecular complexity index is 1490. The first-order valence-corrected chi connectivity index (χ1v) is 13.1. The molecule has 2 N–H and O–H groups in total. The normalized spacial score (nSPS) is 11.1. The van der Waals surface area contributed by atoms with E-state index in [9.17, 15) is 14.0 Å². The molecule has 0 fully saturated rings. The number of halogens is 1. The predicted octanol–water partition coefficient (Wildman–Crippen LogP) is 6.69. The van der Waals surface area contributed by atoms with Crippen LogP contribution in [0, 0.1) is 5.82 Å². The molecule has 41 heavy (non-hydrogen) atoms. The Kier molecular flexibility index (Phi) is 9.23. The van der Waals surface area contributed by atoms with Crippen LogP contribution in [0.15, 0.2) is 55.0 Å². The number of aromatic nitrogens is 5. The average molecular weight is 563 g/mol. The molecule has 3 aromatic heterocycles. The molecule has 0 saturated carbocycles. The second-order valence-electron chi connectivity index (χ2n) is 10.1. The number of carbonyl (C=O) groups excluding carboxylic acids is 2. The second kappa shape index (κ2) is 13.0. The van der Waals surface area contributed by atoms with E-state index in [0.29, 0.717) is 34.7 Å². The molecule has 0 saturated heterocycles. The number of hydrogen-bond acceptors (Lipinski definition) is 9. The number of amides is 1. The summed E-state index contributed by atoms with van der Waals surface area (Å²) in [4.78, 5) is 37.5. The van der Waals surface area contributed by atoms with Crippen LogP contribution in [-0.2, 0) is 9.53 Å². The van der Waals surface area contributed by atoms with Gasteiger partial charge >= 0.3 is 12.1 Å². The Morgan fingerprint density at radius 1 is 1.00 bits per heavy atom. The molecule has 0 aliphatic rings. The molecule has 1 amide bonds.